The number of carbonyl (C=O) groups excluding carboxylic acids is 1. The Labute approximate surface area is 106 Å². The first-order valence-corrected chi connectivity index (χ1v) is 5.87. The first-order chi connectivity index (χ1) is 8.74. The number of alkyl carbamates (subject to hydrolysis) is 1. The van der Waals surface area contributed by atoms with Gasteiger partial charge in [-0.1, -0.05) is 0 Å². The molecule has 1 aromatic carbocycles. The molecule has 1 aliphatic heterocycles. The molecule has 18 heavy (non-hydrogen) atoms. The van der Waals surface area contributed by atoms with Crippen LogP contribution in [0.2, 0.25) is 0 Å². The van der Waals surface area contributed by atoms with Crippen molar-refractivity contribution in [1.29, 1.82) is 0 Å². The summed E-state index contributed by atoms with van der Waals surface area (Å²) in [6, 6.07) is 5.79. The van der Waals surface area contributed by atoms with E-state index in [2.05, 4.69) is 10.1 Å². The van der Waals surface area contributed by atoms with Gasteiger partial charge in [0.05, 0.1) is 20.8 Å². The van der Waals surface area contributed by atoms with Crippen molar-refractivity contribution >= 4 is 6.09 Å². The molecule has 0 spiro atoms. The van der Waals surface area contributed by atoms with Gasteiger partial charge in [0.2, 0.25) is 0 Å². The molecule has 0 aromatic heterocycles. The van der Waals surface area contributed by atoms with E-state index >= 15 is 0 Å². The largest absolute Gasteiger partial charge is 0.497 e. The molecule has 0 bridgehead atoms. The molecule has 1 aromatic rings. The Morgan fingerprint density at radius 2 is 2.33 bits per heavy atom. The number of hydrogen-bond acceptors (Lipinski definition) is 4. The zero-order valence-electron chi connectivity index (χ0n) is 10.6. The number of rotatable bonds is 4. The van der Waals surface area contributed by atoms with Crippen LogP contribution in [0.15, 0.2) is 18.2 Å². The maximum atomic E-state index is 10.9. The summed E-state index contributed by atoms with van der Waals surface area (Å²) in [5, 5.41) is 2.67. The molecule has 5 heteroatoms. The molecule has 98 valence electrons. The normalized spacial score (nSPS) is 16.7. The standard InChI is InChI=1S/C13H17NO4/c1-16-10-3-4-12-11(7-10)9(8-18-12)5-6-14-13(15)17-2/h3-4,7,9H,5-6,8H2,1-2H3,(H,14,15). The van der Waals surface area contributed by atoms with Gasteiger partial charge in [-0.15, -0.1) is 0 Å². The van der Waals surface area contributed by atoms with E-state index in [1.54, 1.807) is 7.11 Å². The van der Waals surface area contributed by atoms with Gasteiger partial charge in [0, 0.05) is 18.0 Å². The predicted molar refractivity (Wildman–Crippen MR) is 66.3 cm³/mol. The fraction of sp³-hybridized carbons (Fsp3) is 0.462. The van der Waals surface area contributed by atoms with Crippen molar-refractivity contribution in [3.8, 4) is 11.5 Å². The molecular formula is C13H17NO4. The van der Waals surface area contributed by atoms with Crippen molar-refractivity contribution in [2.75, 3.05) is 27.4 Å². The minimum atomic E-state index is -0.403. The average Bonchev–Trinajstić information content (AvgIpc) is 2.81. The SMILES string of the molecule is COC(=O)NCCC1COc2ccc(OC)cc21. The zero-order chi connectivity index (χ0) is 13.0. The maximum absolute atomic E-state index is 10.9. The molecule has 1 amide bonds. The lowest BCUT2D eigenvalue weighted by molar-refractivity contribution is 0.170. The molecule has 0 fully saturated rings. The van der Waals surface area contributed by atoms with Gasteiger partial charge >= 0.3 is 6.09 Å². The highest BCUT2D eigenvalue weighted by molar-refractivity contribution is 5.66. The summed E-state index contributed by atoms with van der Waals surface area (Å²) in [5.41, 5.74) is 1.14. The van der Waals surface area contributed by atoms with E-state index in [1.807, 2.05) is 18.2 Å². The van der Waals surface area contributed by atoms with Crippen molar-refractivity contribution < 1.29 is 19.0 Å². The van der Waals surface area contributed by atoms with Crippen LogP contribution in [0.4, 0.5) is 4.79 Å². The average molecular weight is 251 g/mol. The number of ether oxygens (including phenoxy) is 3. The first-order valence-electron chi connectivity index (χ1n) is 5.87. The Morgan fingerprint density at radius 1 is 1.50 bits per heavy atom. The summed E-state index contributed by atoms with van der Waals surface area (Å²) < 4.78 is 15.3. The highest BCUT2D eigenvalue weighted by Gasteiger charge is 2.24. The lowest BCUT2D eigenvalue weighted by Gasteiger charge is -2.10. The molecule has 1 N–H and O–H groups in total. The molecule has 2 rings (SSSR count). The number of hydrogen-bond donors (Lipinski definition) is 1. The van der Waals surface area contributed by atoms with E-state index in [-0.39, 0.29) is 5.92 Å². The summed E-state index contributed by atoms with van der Waals surface area (Å²) in [5.74, 6) is 2.01. The van der Waals surface area contributed by atoms with Crippen molar-refractivity contribution in [2.45, 2.75) is 12.3 Å². The maximum Gasteiger partial charge on any atom is 0.406 e. The third kappa shape index (κ3) is 2.67. The molecule has 5 nitrogen and oxygen atoms in total. The third-order valence-electron chi connectivity index (χ3n) is 3.04. The number of fused-ring (bicyclic) bond motifs is 1. The van der Waals surface area contributed by atoms with Crippen molar-refractivity contribution in [1.82, 2.24) is 5.32 Å². The van der Waals surface area contributed by atoms with Crippen LogP contribution in [0.5, 0.6) is 11.5 Å². The lowest BCUT2D eigenvalue weighted by atomic mass is 9.98. The summed E-state index contributed by atoms with van der Waals surface area (Å²) >= 11 is 0. The number of amides is 1. The summed E-state index contributed by atoms with van der Waals surface area (Å²) in [6.07, 6.45) is 0.412. The van der Waals surface area contributed by atoms with E-state index < -0.39 is 6.09 Å². The van der Waals surface area contributed by atoms with Crippen molar-refractivity contribution in [3.63, 3.8) is 0 Å². The Hall–Kier alpha value is -1.91. The summed E-state index contributed by atoms with van der Waals surface area (Å²) in [7, 11) is 3.00. The van der Waals surface area contributed by atoms with Gasteiger partial charge in [0.25, 0.3) is 0 Å². The number of nitrogens with one attached hydrogen (secondary N) is 1. The lowest BCUT2D eigenvalue weighted by Crippen LogP contribution is -2.25. The van der Waals surface area contributed by atoms with Crippen LogP contribution >= 0.6 is 0 Å². The van der Waals surface area contributed by atoms with Crippen LogP contribution in [0.3, 0.4) is 0 Å². The number of benzene rings is 1. The van der Waals surface area contributed by atoms with Crippen molar-refractivity contribution in [2.24, 2.45) is 0 Å². The van der Waals surface area contributed by atoms with Gasteiger partial charge in [-0.05, 0) is 24.6 Å². The molecule has 1 atom stereocenters. The van der Waals surface area contributed by atoms with E-state index in [1.165, 1.54) is 7.11 Å². The van der Waals surface area contributed by atoms with E-state index in [9.17, 15) is 4.79 Å². The number of carbonyl (C=O) groups is 1. The van der Waals surface area contributed by atoms with E-state index in [4.69, 9.17) is 9.47 Å². The molecule has 0 aliphatic carbocycles. The smallest absolute Gasteiger partial charge is 0.406 e. The molecule has 0 saturated heterocycles. The Morgan fingerprint density at radius 3 is 3.06 bits per heavy atom. The van der Waals surface area contributed by atoms with Crippen LogP contribution in [0.25, 0.3) is 0 Å². The fourth-order valence-corrected chi connectivity index (χ4v) is 2.04. The van der Waals surface area contributed by atoms with Gasteiger partial charge < -0.3 is 19.5 Å². The molecule has 1 heterocycles. The van der Waals surface area contributed by atoms with Gasteiger partial charge in [0.15, 0.2) is 0 Å². The zero-order valence-corrected chi connectivity index (χ0v) is 10.6. The van der Waals surface area contributed by atoms with Crippen LogP contribution in [-0.2, 0) is 4.74 Å². The van der Waals surface area contributed by atoms with Gasteiger partial charge in [0.1, 0.15) is 11.5 Å². The second kappa shape index (κ2) is 5.62. The summed E-state index contributed by atoms with van der Waals surface area (Å²) in [6.45, 7) is 1.21. The second-order valence-corrected chi connectivity index (χ2v) is 4.12. The predicted octanol–water partition coefficient (Wildman–Crippen LogP) is 1.92. The van der Waals surface area contributed by atoms with E-state index in [0.717, 1.165) is 23.5 Å². The minimum Gasteiger partial charge on any atom is -0.497 e. The van der Waals surface area contributed by atoms with Crippen LogP contribution in [-0.4, -0.2) is 33.5 Å². The molecule has 0 saturated carbocycles. The van der Waals surface area contributed by atoms with Crippen molar-refractivity contribution in [3.05, 3.63) is 23.8 Å². The van der Waals surface area contributed by atoms with Gasteiger partial charge in [-0.3, -0.25) is 0 Å². The van der Waals surface area contributed by atoms with Crippen LogP contribution in [0.1, 0.15) is 17.9 Å². The van der Waals surface area contributed by atoms with E-state index in [0.29, 0.717) is 13.2 Å². The molecule has 1 unspecified atom stereocenters. The molecule has 1 aliphatic rings. The first kappa shape index (κ1) is 12.5. The monoisotopic (exact) mass is 251 g/mol. The van der Waals surface area contributed by atoms with Crippen LogP contribution in [0, 0.1) is 0 Å². The second-order valence-electron chi connectivity index (χ2n) is 4.12. The Balaban J connectivity index is 1.95. The van der Waals surface area contributed by atoms with Crippen LogP contribution < -0.4 is 14.8 Å². The minimum absolute atomic E-state index is 0.284. The Bertz CT molecular complexity index is 433. The highest BCUT2D eigenvalue weighted by atomic mass is 16.5. The molecule has 0 radical (unpaired) electrons. The topological polar surface area (TPSA) is 56.8 Å². The number of methoxy groups -OCH3 is 2. The molecular weight excluding hydrogens is 234 g/mol. The summed E-state index contributed by atoms with van der Waals surface area (Å²) in [4.78, 5) is 10.9. The highest BCUT2D eigenvalue weighted by Crippen LogP contribution is 2.37. The fourth-order valence-electron chi connectivity index (χ4n) is 2.04. The quantitative estimate of drug-likeness (QED) is 0.888. The third-order valence-corrected chi connectivity index (χ3v) is 3.04. The van der Waals surface area contributed by atoms with Gasteiger partial charge in [-0.2, -0.15) is 0 Å². The van der Waals surface area contributed by atoms with Gasteiger partial charge in [-0.25, -0.2) is 4.79 Å². The Kier molecular flexibility index (Phi) is 3.92.